The number of pyridine rings is 1. The van der Waals surface area contributed by atoms with Crippen LogP contribution in [0.15, 0.2) is 47.6 Å². The standard InChI is InChI=1S/C22H30ClN5O.HI/c1-22(2,16-7-5-8-18(13-16)29-4)15-26-21(24-3)27-17-10-12-28(14-17)20-19(23)9-6-11-25-20;/h5-9,11,13,17H,10,12,14-15H2,1-4H3,(H2,24,26,27);1H. The summed E-state index contributed by atoms with van der Waals surface area (Å²) in [5.41, 5.74) is 1.15. The van der Waals surface area contributed by atoms with Crippen molar-refractivity contribution in [3.8, 4) is 5.75 Å². The van der Waals surface area contributed by atoms with Crippen molar-refractivity contribution < 1.29 is 4.74 Å². The van der Waals surface area contributed by atoms with Crippen molar-refractivity contribution in [1.29, 1.82) is 0 Å². The van der Waals surface area contributed by atoms with Crippen molar-refractivity contribution in [3.63, 3.8) is 0 Å². The first kappa shape index (κ1) is 24.5. The maximum atomic E-state index is 6.30. The Kier molecular flexibility index (Phi) is 9.03. The molecule has 0 spiro atoms. The molecule has 0 radical (unpaired) electrons. The average Bonchev–Trinajstić information content (AvgIpc) is 3.19. The molecule has 3 rings (SSSR count). The zero-order valence-corrected chi connectivity index (χ0v) is 21.1. The van der Waals surface area contributed by atoms with Crippen LogP contribution >= 0.6 is 35.6 Å². The maximum absolute atomic E-state index is 6.30. The molecule has 164 valence electrons. The monoisotopic (exact) mass is 543 g/mol. The molecule has 0 aliphatic carbocycles. The Morgan fingerprint density at radius 1 is 1.33 bits per heavy atom. The van der Waals surface area contributed by atoms with E-state index in [1.165, 1.54) is 5.56 Å². The second-order valence-electron chi connectivity index (χ2n) is 7.93. The molecule has 8 heteroatoms. The third kappa shape index (κ3) is 6.14. The largest absolute Gasteiger partial charge is 0.497 e. The lowest BCUT2D eigenvalue weighted by atomic mass is 9.84. The van der Waals surface area contributed by atoms with Crippen molar-refractivity contribution >= 4 is 47.4 Å². The van der Waals surface area contributed by atoms with E-state index in [1.807, 2.05) is 24.3 Å². The van der Waals surface area contributed by atoms with Gasteiger partial charge in [-0.2, -0.15) is 0 Å². The van der Waals surface area contributed by atoms with Gasteiger partial charge in [-0.25, -0.2) is 4.98 Å². The molecule has 2 N–H and O–H groups in total. The van der Waals surface area contributed by atoms with Gasteiger partial charge in [0.15, 0.2) is 5.96 Å². The molecule has 2 heterocycles. The van der Waals surface area contributed by atoms with E-state index < -0.39 is 0 Å². The Bertz CT molecular complexity index is 861. The first-order valence-corrected chi connectivity index (χ1v) is 10.3. The van der Waals surface area contributed by atoms with Crippen LogP contribution in [0, 0.1) is 0 Å². The molecular weight excluding hydrogens is 513 g/mol. The van der Waals surface area contributed by atoms with Crippen molar-refractivity contribution in [2.75, 3.05) is 38.7 Å². The molecule has 0 saturated carbocycles. The van der Waals surface area contributed by atoms with Crippen LogP contribution in [-0.2, 0) is 5.41 Å². The molecule has 30 heavy (non-hydrogen) atoms. The molecule has 1 saturated heterocycles. The molecule has 1 aromatic heterocycles. The highest BCUT2D eigenvalue weighted by Gasteiger charge is 2.26. The molecule has 6 nitrogen and oxygen atoms in total. The van der Waals surface area contributed by atoms with Crippen molar-refractivity contribution in [2.24, 2.45) is 4.99 Å². The summed E-state index contributed by atoms with van der Waals surface area (Å²) in [5, 5.41) is 7.70. The van der Waals surface area contributed by atoms with Gasteiger partial charge in [0.05, 0.1) is 12.1 Å². The summed E-state index contributed by atoms with van der Waals surface area (Å²) in [6, 6.07) is 12.2. The summed E-state index contributed by atoms with van der Waals surface area (Å²) in [5.74, 6) is 2.53. The third-order valence-electron chi connectivity index (χ3n) is 5.34. The molecule has 0 amide bonds. The predicted molar refractivity (Wildman–Crippen MR) is 136 cm³/mol. The Labute approximate surface area is 201 Å². The normalized spacial score (nSPS) is 16.8. The summed E-state index contributed by atoms with van der Waals surface area (Å²) < 4.78 is 5.36. The summed E-state index contributed by atoms with van der Waals surface area (Å²) in [7, 11) is 3.50. The van der Waals surface area contributed by atoms with Gasteiger partial charge >= 0.3 is 0 Å². The number of ether oxygens (including phenoxy) is 1. The van der Waals surface area contributed by atoms with E-state index in [1.54, 1.807) is 20.4 Å². The predicted octanol–water partition coefficient (Wildman–Crippen LogP) is 4.08. The molecule has 0 bridgehead atoms. The number of hydrogen-bond donors (Lipinski definition) is 2. The Morgan fingerprint density at radius 3 is 2.83 bits per heavy atom. The van der Waals surface area contributed by atoms with Crippen molar-refractivity contribution in [2.45, 2.75) is 31.7 Å². The second kappa shape index (κ2) is 11.0. The number of hydrogen-bond acceptors (Lipinski definition) is 4. The first-order chi connectivity index (χ1) is 13.9. The highest BCUT2D eigenvalue weighted by Crippen LogP contribution is 2.27. The second-order valence-corrected chi connectivity index (χ2v) is 8.33. The van der Waals surface area contributed by atoms with E-state index in [9.17, 15) is 0 Å². The molecule has 2 aromatic rings. The van der Waals surface area contributed by atoms with Crippen LogP contribution in [0.3, 0.4) is 0 Å². The number of halogens is 2. The molecule has 1 unspecified atom stereocenters. The van der Waals surface area contributed by atoms with Gasteiger partial charge in [0.2, 0.25) is 0 Å². The lowest BCUT2D eigenvalue weighted by molar-refractivity contribution is 0.411. The van der Waals surface area contributed by atoms with E-state index in [-0.39, 0.29) is 29.4 Å². The van der Waals surface area contributed by atoms with Gasteiger partial charge in [-0.05, 0) is 36.2 Å². The molecule has 1 fully saturated rings. The van der Waals surface area contributed by atoms with Crippen LogP contribution in [0.2, 0.25) is 5.02 Å². The molecular formula is C22H31ClIN5O. The summed E-state index contributed by atoms with van der Waals surface area (Å²) in [6.07, 6.45) is 2.79. The number of rotatable bonds is 6. The number of nitrogens with zero attached hydrogens (tertiary/aromatic N) is 3. The number of aromatic nitrogens is 1. The van der Waals surface area contributed by atoms with Gasteiger partial charge in [-0.3, -0.25) is 4.99 Å². The summed E-state index contributed by atoms with van der Waals surface area (Å²) >= 11 is 6.30. The van der Waals surface area contributed by atoms with E-state index in [2.05, 4.69) is 51.5 Å². The molecule has 1 aromatic carbocycles. The zero-order chi connectivity index (χ0) is 20.9. The lowest BCUT2D eigenvalue weighted by Crippen LogP contribution is -2.48. The zero-order valence-electron chi connectivity index (χ0n) is 18.0. The fourth-order valence-electron chi connectivity index (χ4n) is 3.52. The van der Waals surface area contributed by atoms with Gasteiger partial charge in [0.1, 0.15) is 11.6 Å². The van der Waals surface area contributed by atoms with Crippen LogP contribution in [0.1, 0.15) is 25.8 Å². The minimum Gasteiger partial charge on any atom is -0.497 e. The summed E-state index contributed by atoms with van der Waals surface area (Å²) in [6.45, 7) is 6.94. The van der Waals surface area contributed by atoms with E-state index >= 15 is 0 Å². The highest BCUT2D eigenvalue weighted by atomic mass is 127. The number of guanidine groups is 1. The first-order valence-electron chi connectivity index (χ1n) is 9.90. The maximum Gasteiger partial charge on any atom is 0.191 e. The van der Waals surface area contributed by atoms with Crippen LogP contribution in [0.4, 0.5) is 5.82 Å². The quantitative estimate of drug-likeness (QED) is 0.327. The SMILES string of the molecule is CN=C(NCC(C)(C)c1cccc(OC)c1)NC1CCN(c2ncccc2Cl)C1.I. The van der Waals surface area contributed by atoms with Crippen LogP contribution < -0.4 is 20.3 Å². The number of methoxy groups -OCH3 is 1. The van der Waals surface area contributed by atoms with Gasteiger partial charge in [0.25, 0.3) is 0 Å². The average molecular weight is 544 g/mol. The van der Waals surface area contributed by atoms with Gasteiger partial charge in [0, 0.05) is 44.3 Å². The van der Waals surface area contributed by atoms with E-state index in [0.29, 0.717) is 11.1 Å². The number of nitrogens with one attached hydrogen (secondary N) is 2. The minimum absolute atomic E-state index is 0. The van der Waals surface area contributed by atoms with Gasteiger partial charge in [-0.15, -0.1) is 24.0 Å². The Balaban J connectivity index is 0.00000320. The Morgan fingerprint density at radius 2 is 2.13 bits per heavy atom. The van der Waals surface area contributed by atoms with Gasteiger partial charge < -0.3 is 20.3 Å². The lowest BCUT2D eigenvalue weighted by Gasteiger charge is -2.28. The Hall–Kier alpha value is -1.74. The molecule has 1 aliphatic rings. The minimum atomic E-state index is -0.0741. The fourth-order valence-corrected chi connectivity index (χ4v) is 3.76. The number of benzene rings is 1. The van der Waals surface area contributed by atoms with E-state index in [0.717, 1.165) is 43.6 Å². The number of anilines is 1. The molecule has 1 aliphatic heterocycles. The highest BCUT2D eigenvalue weighted by molar-refractivity contribution is 14.0. The van der Waals surface area contributed by atoms with Crippen LogP contribution in [0.25, 0.3) is 0 Å². The van der Waals surface area contributed by atoms with Crippen LogP contribution in [-0.4, -0.2) is 50.8 Å². The number of aliphatic imine (C=N–C) groups is 1. The fraction of sp³-hybridized carbons (Fsp3) is 0.455. The van der Waals surface area contributed by atoms with Crippen molar-refractivity contribution in [3.05, 3.63) is 53.2 Å². The van der Waals surface area contributed by atoms with Crippen LogP contribution in [0.5, 0.6) is 5.75 Å². The summed E-state index contributed by atoms with van der Waals surface area (Å²) in [4.78, 5) is 11.0. The van der Waals surface area contributed by atoms with Gasteiger partial charge in [-0.1, -0.05) is 37.6 Å². The smallest absolute Gasteiger partial charge is 0.191 e. The topological polar surface area (TPSA) is 61.8 Å². The molecule has 1 atom stereocenters. The third-order valence-corrected chi connectivity index (χ3v) is 5.64. The van der Waals surface area contributed by atoms with Crippen molar-refractivity contribution in [1.82, 2.24) is 15.6 Å². The van der Waals surface area contributed by atoms with E-state index in [4.69, 9.17) is 16.3 Å².